The molecule has 2 aromatic carbocycles. The number of benzene rings is 2. The van der Waals surface area contributed by atoms with Crippen LogP contribution in [-0.2, 0) is 11.3 Å². The normalized spacial score (nSPS) is 13.5. The van der Waals surface area contributed by atoms with Crippen LogP contribution in [0, 0.1) is 6.92 Å². The minimum atomic E-state index is -0.365. The summed E-state index contributed by atoms with van der Waals surface area (Å²) in [6.45, 7) is 3.36. The summed E-state index contributed by atoms with van der Waals surface area (Å²) in [5, 5.41) is 5.61. The van der Waals surface area contributed by atoms with Gasteiger partial charge in [-0.3, -0.25) is 4.90 Å². The topological polar surface area (TPSA) is 70.7 Å². The summed E-state index contributed by atoms with van der Waals surface area (Å²) in [6, 6.07) is 14.7. The van der Waals surface area contributed by atoms with Crippen LogP contribution in [0.5, 0.6) is 0 Å². The van der Waals surface area contributed by atoms with Crippen molar-refractivity contribution in [1.82, 2.24) is 5.32 Å². The number of rotatable bonds is 4. The third kappa shape index (κ3) is 3.65. The van der Waals surface area contributed by atoms with Gasteiger partial charge in [-0.05, 0) is 36.2 Å². The first kappa shape index (κ1) is 15.9. The molecule has 2 N–H and O–H groups in total. The molecule has 1 aliphatic rings. The Morgan fingerprint density at radius 2 is 2.04 bits per heavy atom. The lowest BCUT2D eigenvalue weighted by Crippen LogP contribution is -2.28. The Morgan fingerprint density at radius 1 is 1.21 bits per heavy atom. The molecule has 124 valence electrons. The van der Waals surface area contributed by atoms with E-state index >= 15 is 0 Å². The van der Waals surface area contributed by atoms with Crippen LogP contribution >= 0.6 is 0 Å². The molecule has 6 heteroatoms. The summed E-state index contributed by atoms with van der Waals surface area (Å²) >= 11 is 0. The standard InChI is InChI=1S/C18H19N3O3/c1-13-5-2-3-6-14(13)12-19-17(22)20-15-7-4-8-16(11-15)21-9-10-24-18(21)23/h2-8,11H,9-10,12H2,1H3,(H2,19,20,22). The van der Waals surface area contributed by atoms with E-state index in [0.717, 1.165) is 11.1 Å². The first-order valence-electron chi connectivity index (χ1n) is 7.77. The minimum Gasteiger partial charge on any atom is -0.447 e. The molecule has 1 fully saturated rings. The number of cyclic esters (lactones) is 1. The van der Waals surface area contributed by atoms with Crippen molar-refractivity contribution < 1.29 is 14.3 Å². The summed E-state index contributed by atoms with van der Waals surface area (Å²) in [7, 11) is 0. The largest absolute Gasteiger partial charge is 0.447 e. The van der Waals surface area contributed by atoms with Gasteiger partial charge >= 0.3 is 12.1 Å². The van der Waals surface area contributed by atoms with E-state index in [0.29, 0.717) is 31.1 Å². The van der Waals surface area contributed by atoms with Crippen molar-refractivity contribution in [2.45, 2.75) is 13.5 Å². The van der Waals surface area contributed by atoms with Crippen LogP contribution in [0.25, 0.3) is 0 Å². The van der Waals surface area contributed by atoms with Crippen molar-refractivity contribution in [1.29, 1.82) is 0 Å². The van der Waals surface area contributed by atoms with Gasteiger partial charge in [-0.2, -0.15) is 0 Å². The molecule has 0 aromatic heterocycles. The fourth-order valence-electron chi connectivity index (χ4n) is 2.54. The average Bonchev–Trinajstić information content (AvgIpc) is 3.00. The molecule has 2 aromatic rings. The van der Waals surface area contributed by atoms with E-state index in [2.05, 4.69) is 10.6 Å². The molecule has 0 radical (unpaired) electrons. The molecule has 6 nitrogen and oxygen atoms in total. The van der Waals surface area contributed by atoms with Crippen molar-refractivity contribution in [3.8, 4) is 0 Å². The fraction of sp³-hybridized carbons (Fsp3) is 0.222. The summed E-state index contributed by atoms with van der Waals surface area (Å²) in [5.74, 6) is 0. The number of ether oxygens (including phenoxy) is 1. The van der Waals surface area contributed by atoms with Crippen LogP contribution in [0.3, 0.4) is 0 Å². The van der Waals surface area contributed by atoms with Crippen LogP contribution in [-0.4, -0.2) is 25.3 Å². The van der Waals surface area contributed by atoms with Gasteiger partial charge in [0, 0.05) is 17.9 Å². The molecule has 0 saturated carbocycles. The van der Waals surface area contributed by atoms with Crippen molar-refractivity contribution in [2.24, 2.45) is 0 Å². The maximum atomic E-state index is 12.1. The van der Waals surface area contributed by atoms with E-state index in [4.69, 9.17) is 4.74 Å². The first-order chi connectivity index (χ1) is 11.6. The van der Waals surface area contributed by atoms with Gasteiger partial charge in [-0.15, -0.1) is 0 Å². The number of nitrogens with zero attached hydrogens (tertiary/aromatic N) is 1. The highest BCUT2D eigenvalue weighted by atomic mass is 16.6. The predicted molar refractivity (Wildman–Crippen MR) is 92.2 cm³/mol. The molecule has 24 heavy (non-hydrogen) atoms. The Kier molecular flexibility index (Phi) is 4.65. The zero-order valence-corrected chi connectivity index (χ0v) is 13.4. The Labute approximate surface area is 140 Å². The van der Waals surface area contributed by atoms with E-state index < -0.39 is 0 Å². The molecular formula is C18H19N3O3. The molecule has 3 rings (SSSR count). The Morgan fingerprint density at radius 3 is 2.79 bits per heavy atom. The van der Waals surface area contributed by atoms with E-state index in [1.807, 2.05) is 37.3 Å². The number of carbonyl (C=O) groups is 2. The molecule has 0 spiro atoms. The molecule has 1 aliphatic heterocycles. The van der Waals surface area contributed by atoms with E-state index in [1.54, 1.807) is 18.2 Å². The lowest BCUT2D eigenvalue weighted by molar-refractivity contribution is 0.181. The smallest absolute Gasteiger partial charge is 0.414 e. The molecule has 3 amide bonds. The van der Waals surface area contributed by atoms with Crippen molar-refractivity contribution >= 4 is 23.5 Å². The molecule has 1 heterocycles. The van der Waals surface area contributed by atoms with Gasteiger partial charge in [-0.25, -0.2) is 9.59 Å². The molecule has 0 atom stereocenters. The van der Waals surface area contributed by atoms with Crippen molar-refractivity contribution in [3.05, 3.63) is 59.7 Å². The van der Waals surface area contributed by atoms with Crippen LogP contribution in [0.2, 0.25) is 0 Å². The van der Waals surface area contributed by atoms with Crippen LogP contribution < -0.4 is 15.5 Å². The molecular weight excluding hydrogens is 306 g/mol. The number of hydrogen-bond donors (Lipinski definition) is 2. The maximum absolute atomic E-state index is 12.1. The highest BCUT2D eigenvalue weighted by molar-refractivity contribution is 5.93. The van der Waals surface area contributed by atoms with Gasteiger partial charge in [0.25, 0.3) is 0 Å². The van der Waals surface area contributed by atoms with Gasteiger partial charge in [-0.1, -0.05) is 30.3 Å². The SMILES string of the molecule is Cc1ccccc1CNC(=O)Nc1cccc(N2CCOC2=O)c1. The second-order valence-electron chi connectivity index (χ2n) is 5.55. The van der Waals surface area contributed by atoms with Gasteiger partial charge in [0.2, 0.25) is 0 Å². The van der Waals surface area contributed by atoms with Crippen molar-refractivity contribution in [2.75, 3.05) is 23.4 Å². The molecule has 1 saturated heterocycles. The number of carbonyl (C=O) groups excluding carboxylic acids is 2. The Hall–Kier alpha value is -3.02. The van der Waals surface area contributed by atoms with Gasteiger partial charge in [0.1, 0.15) is 6.61 Å². The lowest BCUT2D eigenvalue weighted by Gasteiger charge is -2.14. The first-order valence-corrected chi connectivity index (χ1v) is 7.77. The Bertz CT molecular complexity index is 761. The third-order valence-corrected chi connectivity index (χ3v) is 3.88. The zero-order valence-electron chi connectivity index (χ0n) is 13.4. The molecule has 0 aliphatic carbocycles. The summed E-state index contributed by atoms with van der Waals surface area (Å²) < 4.78 is 4.93. The summed E-state index contributed by atoms with van der Waals surface area (Å²) in [6.07, 6.45) is -0.365. The van der Waals surface area contributed by atoms with E-state index in [9.17, 15) is 9.59 Å². The second-order valence-corrected chi connectivity index (χ2v) is 5.55. The number of aryl methyl sites for hydroxylation is 1. The number of hydrogen-bond acceptors (Lipinski definition) is 3. The minimum absolute atomic E-state index is 0.292. The number of urea groups is 1. The van der Waals surface area contributed by atoms with E-state index in [-0.39, 0.29) is 12.1 Å². The average molecular weight is 325 g/mol. The molecule has 0 bridgehead atoms. The van der Waals surface area contributed by atoms with Gasteiger partial charge in [0.05, 0.1) is 6.54 Å². The van der Waals surface area contributed by atoms with Gasteiger partial charge < -0.3 is 15.4 Å². The van der Waals surface area contributed by atoms with Crippen LogP contribution in [0.4, 0.5) is 21.0 Å². The van der Waals surface area contributed by atoms with Crippen LogP contribution in [0.1, 0.15) is 11.1 Å². The van der Waals surface area contributed by atoms with Gasteiger partial charge in [0.15, 0.2) is 0 Å². The summed E-state index contributed by atoms with van der Waals surface area (Å²) in [4.78, 5) is 25.2. The molecule has 0 unspecified atom stereocenters. The lowest BCUT2D eigenvalue weighted by atomic mass is 10.1. The quantitative estimate of drug-likeness (QED) is 0.906. The monoisotopic (exact) mass is 325 g/mol. The zero-order chi connectivity index (χ0) is 16.9. The highest BCUT2D eigenvalue weighted by Crippen LogP contribution is 2.22. The fourth-order valence-corrected chi connectivity index (χ4v) is 2.54. The maximum Gasteiger partial charge on any atom is 0.414 e. The van der Waals surface area contributed by atoms with Crippen LogP contribution in [0.15, 0.2) is 48.5 Å². The number of amides is 3. The summed E-state index contributed by atoms with van der Waals surface area (Å²) in [5.41, 5.74) is 3.53. The predicted octanol–water partition coefficient (Wildman–Crippen LogP) is 3.27. The highest BCUT2D eigenvalue weighted by Gasteiger charge is 2.23. The second kappa shape index (κ2) is 7.04. The third-order valence-electron chi connectivity index (χ3n) is 3.88. The number of nitrogens with one attached hydrogen (secondary N) is 2. The number of anilines is 2. The van der Waals surface area contributed by atoms with E-state index in [1.165, 1.54) is 4.90 Å². The Balaban J connectivity index is 1.60. The van der Waals surface area contributed by atoms with Crippen molar-refractivity contribution in [3.63, 3.8) is 0 Å².